The second kappa shape index (κ2) is 8.35. The molecule has 3 aromatic carbocycles. The Morgan fingerprint density at radius 1 is 0.857 bits per heavy atom. The molecule has 28 heavy (non-hydrogen) atoms. The van der Waals surface area contributed by atoms with E-state index in [4.69, 9.17) is 4.74 Å². The van der Waals surface area contributed by atoms with Gasteiger partial charge < -0.3 is 10.1 Å². The predicted molar refractivity (Wildman–Crippen MR) is 113 cm³/mol. The Bertz CT molecular complexity index is 1040. The Morgan fingerprint density at radius 3 is 2.11 bits per heavy atom. The summed E-state index contributed by atoms with van der Waals surface area (Å²) in [6, 6.07) is 20.3. The lowest BCUT2D eigenvalue weighted by atomic mass is 10.2. The van der Waals surface area contributed by atoms with E-state index in [-0.39, 0.29) is 0 Å². The average molecular weight is 397 g/mol. The molecule has 0 amide bonds. The smallest absolute Gasteiger partial charge is 0.262 e. The molecule has 0 saturated carbocycles. The molecule has 0 aliphatic rings. The highest BCUT2D eigenvalue weighted by Gasteiger charge is 2.16. The minimum absolute atomic E-state index is 0.291. The number of aryl methyl sites for hydroxylation is 2. The third kappa shape index (κ3) is 4.84. The number of benzene rings is 3. The van der Waals surface area contributed by atoms with Crippen molar-refractivity contribution in [3.8, 4) is 5.75 Å². The van der Waals surface area contributed by atoms with Gasteiger partial charge in [-0.15, -0.1) is 0 Å². The summed E-state index contributed by atoms with van der Waals surface area (Å²) in [6.07, 6.45) is 0. The Labute approximate surface area is 166 Å². The molecule has 0 spiro atoms. The molecule has 0 fully saturated rings. The van der Waals surface area contributed by atoms with Gasteiger partial charge in [0.2, 0.25) is 0 Å². The van der Waals surface area contributed by atoms with Crippen LogP contribution in [0.5, 0.6) is 5.75 Å². The lowest BCUT2D eigenvalue weighted by molar-refractivity contribution is 0.414. The van der Waals surface area contributed by atoms with Crippen molar-refractivity contribution in [3.05, 3.63) is 83.4 Å². The summed E-state index contributed by atoms with van der Waals surface area (Å²) in [5.74, 6) is 0.823. The second-order valence-electron chi connectivity index (χ2n) is 6.65. The third-order valence-electron chi connectivity index (χ3n) is 4.41. The maximum atomic E-state index is 12.6. The van der Waals surface area contributed by atoms with Crippen molar-refractivity contribution in [1.82, 2.24) is 0 Å². The molecule has 0 bridgehead atoms. The van der Waals surface area contributed by atoms with Gasteiger partial charge in [0.1, 0.15) is 5.75 Å². The minimum Gasteiger partial charge on any atom is -0.497 e. The van der Waals surface area contributed by atoms with Crippen molar-refractivity contribution in [2.24, 2.45) is 0 Å². The van der Waals surface area contributed by atoms with E-state index in [0.717, 1.165) is 28.1 Å². The van der Waals surface area contributed by atoms with E-state index in [1.807, 2.05) is 49.4 Å². The molecular formula is C22H24N2O3S. The van der Waals surface area contributed by atoms with Crippen molar-refractivity contribution in [2.75, 3.05) is 17.1 Å². The van der Waals surface area contributed by atoms with E-state index in [1.165, 1.54) is 0 Å². The van der Waals surface area contributed by atoms with Gasteiger partial charge in [0.15, 0.2) is 0 Å². The molecule has 5 nitrogen and oxygen atoms in total. The Hall–Kier alpha value is -2.99. The average Bonchev–Trinajstić information content (AvgIpc) is 2.67. The highest BCUT2D eigenvalue weighted by atomic mass is 32.2. The van der Waals surface area contributed by atoms with E-state index < -0.39 is 10.0 Å². The molecule has 2 N–H and O–H groups in total. The van der Waals surface area contributed by atoms with Crippen LogP contribution in [0, 0.1) is 13.8 Å². The molecule has 0 atom stereocenters. The second-order valence-corrected chi connectivity index (χ2v) is 8.30. The highest BCUT2D eigenvalue weighted by Crippen LogP contribution is 2.22. The normalized spacial score (nSPS) is 11.1. The number of hydrogen-bond acceptors (Lipinski definition) is 4. The zero-order valence-corrected chi connectivity index (χ0v) is 17.0. The molecule has 146 valence electrons. The van der Waals surface area contributed by atoms with E-state index in [2.05, 4.69) is 10.0 Å². The lowest BCUT2D eigenvalue weighted by Crippen LogP contribution is -2.14. The van der Waals surface area contributed by atoms with Gasteiger partial charge >= 0.3 is 0 Å². The first kappa shape index (κ1) is 19.8. The number of ether oxygens (including phenoxy) is 1. The summed E-state index contributed by atoms with van der Waals surface area (Å²) in [7, 11) is -1.98. The van der Waals surface area contributed by atoms with Gasteiger partial charge in [0.25, 0.3) is 10.0 Å². The summed E-state index contributed by atoms with van der Waals surface area (Å²) in [5.41, 5.74) is 4.31. The van der Waals surface area contributed by atoms with E-state index >= 15 is 0 Å². The van der Waals surface area contributed by atoms with Crippen molar-refractivity contribution in [3.63, 3.8) is 0 Å². The summed E-state index contributed by atoms with van der Waals surface area (Å²) in [5, 5.41) is 3.32. The number of nitrogens with one attached hydrogen (secondary N) is 2. The van der Waals surface area contributed by atoms with Crippen molar-refractivity contribution >= 4 is 21.4 Å². The molecule has 3 aromatic rings. The van der Waals surface area contributed by atoms with Crippen LogP contribution in [0.1, 0.15) is 16.7 Å². The molecule has 0 heterocycles. The first-order valence-electron chi connectivity index (χ1n) is 8.94. The van der Waals surface area contributed by atoms with Crippen LogP contribution in [0.4, 0.5) is 11.4 Å². The number of hydrogen-bond donors (Lipinski definition) is 2. The Morgan fingerprint density at radius 2 is 1.50 bits per heavy atom. The Kier molecular flexibility index (Phi) is 5.90. The van der Waals surface area contributed by atoms with Gasteiger partial charge in [-0.05, 0) is 67.4 Å². The first-order valence-corrected chi connectivity index (χ1v) is 10.4. The molecule has 0 aromatic heterocycles. The molecule has 0 unspecified atom stereocenters. The number of methoxy groups -OCH3 is 1. The van der Waals surface area contributed by atoms with E-state index in [1.54, 1.807) is 38.3 Å². The molecule has 0 aliphatic heterocycles. The van der Waals surface area contributed by atoms with Gasteiger partial charge in [0, 0.05) is 17.9 Å². The van der Waals surface area contributed by atoms with Crippen LogP contribution in [0.2, 0.25) is 0 Å². The summed E-state index contributed by atoms with van der Waals surface area (Å²) < 4.78 is 33.1. The third-order valence-corrected chi connectivity index (χ3v) is 5.95. The first-order chi connectivity index (χ1) is 13.4. The molecule has 0 aliphatic carbocycles. The van der Waals surface area contributed by atoms with Crippen LogP contribution in [0.25, 0.3) is 0 Å². The monoisotopic (exact) mass is 396 g/mol. The summed E-state index contributed by atoms with van der Waals surface area (Å²) >= 11 is 0. The van der Waals surface area contributed by atoms with Crippen LogP contribution in [-0.4, -0.2) is 15.5 Å². The maximum absolute atomic E-state index is 12.6. The van der Waals surface area contributed by atoms with Crippen LogP contribution < -0.4 is 14.8 Å². The topological polar surface area (TPSA) is 67.4 Å². The Balaban J connectivity index is 1.65. The van der Waals surface area contributed by atoms with Gasteiger partial charge in [-0.1, -0.05) is 29.8 Å². The van der Waals surface area contributed by atoms with Crippen molar-refractivity contribution < 1.29 is 13.2 Å². The molecule has 6 heteroatoms. The van der Waals surface area contributed by atoms with E-state index in [9.17, 15) is 8.42 Å². The van der Waals surface area contributed by atoms with Gasteiger partial charge in [0.05, 0.1) is 12.0 Å². The van der Waals surface area contributed by atoms with Gasteiger partial charge in [-0.2, -0.15) is 0 Å². The van der Waals surface area contributed by atoms with E-state index in [0.29, 0.717) is 17.1 Å². The molecular weight excluding hydrogens is 372 g/mol. The lowest BCUT2D eigenvalue weighted by Gasteiger charge is -2.12. The van der Waals surface area contributed by atoms with Crippen molar-refractivity contribution in [2.45, 2.75) is 25.3 Å². The van der Waals surface area contributed by atoms with Crippen molar-refractivity contribution in [1.29, 1.82) is 0 Å². The standard InChI is InChI=1S/C22H24N2O3S/c1-16-4-13-22(17(2)14-16)28(25,26)24-20-9-7-19(8-10-20)23-15-18-5-11-21(27-3)12-6-18/h4-14,23-24H,15H2,1-3H3. The fourth-order valence-corrected chi connectivity index (χ4v) is 4.20. The van der Waals surface area contributed by atoms with Gasteiger partial charge in [-0.25, -0.2) is 8.42 Å². The zero-order valence-electron chi connectivity index (χ0n) is 16.2. The van der Waals surface area contributed by atoms with Crippen LogP contribution in [0.15, 0.2) is 71.6 Å². The van der Waals surface area contributed by atoms with Gasteiger partial charge in [-0.3, -0.25) is 4.72 Å². The predicted octanol–water partition coefficient (Wildman–Crippen LogP) is 4.72. The maximum Gasteiger partial charge on any atom is 0.262 e. The number of rotatable bonds is 7. The minimum atomic E-state index is -3.62. The number of sulfonamides is 1. The largest absolute Gasteiger partial charge is 0.497 e. The van der Waals surface area contributed by atoms with Crippen LogP contribution in [-0.2, 0) is 16.6 Å². The summed E-state index contributed by atoms with van der Waals surface area (Å²) in [4.78, 5) is 0.291. The van der Waals surface area contributed by atoms with Crippen LogP contribution in [0.3, 0.4) is 0 Å². The highest BCUT2D eigenvalue weighted by molar-refractivity contribution is 7.92. The SMILES string of the molecule is COc1ccc(CNc2ccc(NS(=O)(=O)c3ccc(C)cc3C)cc2)cc1. The molecule has 3 rings (SSSR count). The summed E-state index contributed by atoms with van der Waals surface area (Å²) in [6.45, 7) is 4.40. The zero-order chi connectivity index (χ0) is 20.1. The fraction of sp³-hybridized carbons (Fsp3) is 0.182. The molecule has 0 radical (unpaired) electrons. The quantitative estimate of drug-likeness (QED) is 0.606. The molecule has 0 saturated heterocycles. The fourth-order valence-electron chi connectivity index (χ4n) is 2.91. The number of anilines is 2. The van der Waals surface area contributed by atoms with Crippen LogP contribution >= 0.6 is 0 Å².